The van der Waals surface area contributed by atoms with Crippen LogP contribution in [-0.4, -0.2) is 53.0 Å². The van der Waals surface area contributed by atoms with Gasteiger partial charge in [0, 0.05) is 17.3 Å². The zero-order valence-corrected chi connectivity index (χ0v) is 21.2. The van der Waals surface area contributed by atoms with Crippen LogP contribution in [-0.2, 0) is 16.1 Å². The highest BCUT2D eigenvalue weighted by molar-refractivity contribution is 7.80. The van der Waals surface area contributed by atoms with Gasteiger partial charge in [-0.3, -0.25) is 24.7 Å². The van der Waals surface area contributed by atoms with Gasteiger partial charge in [0.25, 0.3) is 11.8 Å². The Hall–Kier alpha value is -4.44. The summed E-state index contributed by atoms with van der Waals surface area (Å²) >= 11 is 5.60. The fraction of sp³-hybridized carbons (Fsp3) is 0.185. The number of nitrogens with one attached hydrogen (secondary N) is 2. The predicted molar refractivity (Wildman–Crippen MR) is 142 cm³/mol. The van der Waals surface area contributed by atoms with Crippen molar-refractivity contribution in [2.75, 3.05) is 19.5 Å². The third-order valence-electron chi connectivity index (χ3n) is 5.76. The summed E-state index contributed by atoms with van der Waals surface area (Å²) < 4.78 is 10.5. The number of ether oxygens (including phenoxy) is 2. The first-order valence-electron chi connectivity index (χ1n) is 11.5. The number of thiocarbonyl (C=S) groups is 1. The molecule has 9 nitrogen and oxygen atoms in total. The van der Waals surface area contributed by atoms with E-state index in [1.165, 1.54) is 36.3 Å². The molecule has 4 rings (SSSR count). The minimum absolute atomic E-state index is 0.0922. The van der Waals surface area contributed by atoms with Crippen LogP contribution in [0.25, 0.3) is 0 Å². The highest BCUT2D eigenvalue weighted by Crippen LogP contribution is 2.25. The first kappa shape index (κ1) is 25.6. The minimum Gasteiger partial charge on any atom is -0.497 e. The maximum absolute atomic E-state index is 13.5. The van der Waals surface area contributed by atoms with Crippen LogP contribution in [0.15, 0.2) is 78.9 Å². The molecular weight excluding hydrogens is 492 g/mol. The van der Waals surface area contributed by atoms with Crippen molar-refractivity contribution in [1.82, 2.24) is 15.3 Å². The molecule has 0 aromatic heterocycles. The zero-order chi connectivity index (χ0) is 26.4. The Balaban J connectivity index is 1.59. The lowest BCUT2D eigenvalue weighted by Crippen LogP contribution is -2.49. The van der Waals surface area contributed by atoms with Gasteiger partial charge >= 0.3 is 0 Å². The molecule has 0 saturated carbocycles. The third kappa shape index (κ3) is 6.04. The van der Waals surface area contributed by atoms with Gasteiger partial charge in [0.05, 0.1) is 27.2 Å². The molecule has 3 aromatic rings. The molecule has 190 valence electrons. The number of hydrazine groups is 1. The number of nitrogens with zero attached hydrogens (tertiary/aromatic N) is 2. The molecule has 1 heterocycles. The standard InChI is InChI=1S/C27H26N4O5S/c1-35-21-13-19(14-22(15-21)36-2)25(33)29-31-23(16-24(32)28-20-11-7-4-8-12-20)26(34)30(27(31)37)17-18-9-5-3-6-10-18/h3-15,23H,16-17H2,1-2H3,(H,28,32)(H,29,33). The third-order valence-corrected chi connectivity index (χ3v) is 6.17. The van der Waals surface area contributed by atoms with E-state index in [2.05, 4.69) is 10.7 Å². The van der Waals surface area contributed by atoms with Crippen molar-refractivity contribution in [2.45, 2.75) is 19.0 Å². The first-order valence-corrected chi connectivity index (χ1v) is 11.9. The Morgan fingerprint density at radius 1 is 0.919 bits per heavy atom. The lowest BCUT2D eigenvalue weighted by Gasteiger charge is -2.24. The lowest BCUT2D eigenvalue weighted by atomic mass is 10.1. The van der Waals surface area contributed by atoms with E-state index in [1.807, 2.05) is 36.4 Å². The molecule has 37 heavy (non-hydrogen) atoms. The molecule has 1 atom stereocenters. The number of anilines is 1. The van der Waals surface area contributed by atoms with Gasteiger partial charge in [0.2, 0.25) is 5.91 Å². The van der Waals surface area contributed by atoms with Crippen LogP contribution in [0.5, 0.6) is 11.5 Å². The van der Waals surface area contributed by atoms with E-state index < -0.39 is 17.9 Å². The second-order valence-electron chi connectivity index (χ2n) is 8.24. The summed E-state index contributed by atoms with van der Waals surface area (Å²) in [7, 11) is 2.96. The van der Waals surface area contributed by atoms with Crippen LogP contribution in [0.1, 0.15) is 22.3 Å². The topological polar surface area (TPSA) is 100 Å². The van der Waals surface area contributed by atoms with Crippen molar-refractivity contribution in [1.29, 1.82) is 0 Å². The highest BCUT2D eigenvalue weighted by atomic mass is 32.1. The van der Waals surface area contributed by atoms with Crippen LogP contribution in [0, 0.1) is 0 Å². The average Bonchev–Trinajstić information content (AvgIpc) is 3.13. The molecule has 2 N–H and O–H groups in total. The molecule has 1 fully saturated rings. The Bertz CT molecular complexity index is 1280. The molecule has 3 amide bonds. The number of benzene rings is 3. The number of hydrogen-bond donors (Lipinski definition) is 2. The molecule has 1 unspecified atom stereocenters. The molecule has 1 saturated heterocycles. The van der Waals surface area contributed by atoms with Gasteiger partial charge in [0.15, 0.2) is 5.11 Å². The van der Waals surface area contributed by atoms with Crippen LogP contribution >= 0.6 is 12.2 Å². The summed E-state index contributed by atoms with van der Waals surface area (Å²) in [5.41, 5.74) is 4.40. The molecule has 1 aliphatic heterocycles. The van der Waals surface area contributed by atoms with E-state index in [0.29, 0.717) is 17.2 Å². The van der Waals surface area contributed by atoms with Gasteiger partial charge in [-0.25, -0.2) is 5.01 Å². The van der Waals surface area contributed by atoms with Crippen molar-refractivity contribution in [3.8, 4) is 11.5 Å². The largest absolute Gasteiger partial charge is 0.497 e. The molecular formula is C27H26N4O5S. The summed E-state index contributed by atoms with van der Waals surface area (Å²) in [5.74, 6) is -0.470. The quantitative estimate of drug-likeness (QED) is 0.419. The van der Waals surface area contributed by atoms with Crippen molar-refractivity contribution in [3.63, 3.8) is 0 Å². The number of rotatable bonds is 9. The highest BCUT2D eigenvalue weighted by Gasteiger charge is 2.44. The fourth-order valence-electron chi connectivity index (χ4n) is 3.89. The maximum atomic E-state index is 13.5. The summed E-state index contributed by atoms with van der Waals surface area (Å²) in [6.45, 7) is 0.203. The molecule has 10 heteroatoms. The number of amides is 3. The maximum Gasteiger partial charge on any atom is 0.270 e. The number of carbonyl (C=O) groups is 3. The van der Waals surface area contributed by atoms with Gasteiger partial charge < -0.3 is 14.8 Å². The van der Waals surface area contributed by atoms with Gasteiger partial charge in [-0.1, -0.05) is 48.5 Å². The summed E-state index contributed by atoms with van der Waals surface area (Å²) in [5, 5.41) is 4.15. The van der Waals surface area contributed by atoms with E-state index in [0.717, 1.165) is 5.56 Å². The fourth-order valence-corrected chi connectivity index (χ4v) is 4.21. The van der Waals surface area contributed by atoms with Crippen LogP contribution in [0.3, 0.4) is 0 Å². The van der Waals surface area contributed by atoms with Gasteiger partial charge in [-0.15, -0.1) is 0 Å². The van der Waals surface area contributed by atoms with Crippen molar-refractivity contribution in [2.24, 2.45) is 0 Å². The molecule has 0 aliphatic carbocycles. The Kier molecular flexibility index (Phi) is 7.99. The Labute approximate surface area is 219 Å². The van der Waals surface area contributed by atoms with E-state index in [-0.39, 0.29) is 29.5 Å². The first-order chi connectivity index (χ1) is 17.9. The smallest absolute Gasteiger partial charge is 0.270 e. The van der Waals surface area contributed by atoms with Gasteiger partial charge in [-0.2, -0.15) is 0 Å². The summed E-state index contributed by atoms with van der Waals surface area (Å²) in [6, 6.07) is 21.9. The van der Waals surface area contributed by atoms with Gasteiger partial charge in [-0.05, 0) is 42.0 Å². The van der Waals surface area contributed by atoms with Crippen molar-refractivity contribution < 1.29 is 23.9 Å². The lowest BCUT2D eigenvalue weighted by molar-refractivity contribution is -0.131. The zero-order valence-electron chi connectivity index (χ0n) is 20.3. The van der Waals surface area contributed by atoms with Crippen LogP contribution in [0.2, 0.25) is 0 Å². The molecule has 1 aliphatic rings. The second-order valence-corrected chi connectivity index (χ2v) is 8.60. The number of methoxy groups -OCH3 is 2. The van der Waals surface area contributed by atoms with E-state index in [1.54, 1.807) is 30.3 Å². The van der Waals surface area contributed by atoms with Crippen molar-refractivity contribution in [3.05, 3.63) is 90.0 Å². The molecule has 0 bridgehead atoms. The summed E-state index contributed by atoms with van der Waals surface area (Å²) in [4.78, 5) is 40.9. The molecule has 3 aromatic carbocycles. The number of para-hydroxylation sites is 1. The Morgan fingerprint density at radius 3 is 2.11 bits per heavy atom. The van der Waals surface area contributed by atoms with Crippen LogP contribution < -0.4 is 20.2 Å². The molecule has 0 spiro atoms. The van der Waals surface area contributed by atoms with Gasteiger partial charge in [0.1, 0.15) is 17.5 Å². The average molecular weight is 519 g/mol. The number of hydrogen-bond acceptors (Lipinski definition) is 6. The monoisotopic (exact) mass is 518 g/mol. The van der Waals surface area contributed by atoms with Crippen LogP contribution in [0.4, 0.5) is 5.69 Å². The van der Waals surface area contributed by atoms with Crippen molar-refractivity contribution >= 4 is 40.7 Å². The summed E-state index contributed by atoms with van der Waals surface area (Å²) in [6.07, 6.45) is -0.221. The second kappa shape index (κ2) is 11.5. The minimum atomic E-state index is -1.03. The molecule has 0 radical (unpaired) electrons. The SMILES string of the molecule is COc1cc(OC)cc(C(=O)NN2C(=S)N(Cc3ccccc3)C(=O)C2CC(=O)Nc2ccccc2)c1. The number of carbonyl (C=O) groups excluding carboxylic acids is 3. The Morgan fingerprint density at radius 2 is 1.51 bits per heavy atom. The normalized spacial score (nSPS) is 14.9. The predicted octanol–water partition coefficient (Wildman–Crippen LogP) is 3.38. The van der Waals surface area contributed by atoms with E-state index >= 15 is 0 Å². The van der Waals surface area contributed by atoms with E-state index in [4.69, 9.17) is 21.7 Å². The van der Waals surface area contributed by atoms with E-state index in [9.17, 15) is 14.4 Å².